The van der Waals surface area contributed by atoms with Crippen LogP contribution in [0.4, 0.5) is 17.1 Å². The second-order valence-corrected chi connectivity index (χ2v) is 13.2. The highest BCUT2D eigenvalue weighted by Crippen LogP contribution is 2.41. The molecule has 0 fully saturated rings. The lowest BCUT2D eigenvalue weighted by atomic mass is 10.1. The summed E-state index contributed by atoms with van der Waals surface area (Å²) in [5.74, 6) is -0.331. The number of methoxy groups -OCH3 is 1. The molecule has 0 amide bonds. The van der Waals surface area contributed by atoms with Crippen LogP contribution in [-0.2, 0) is 30.4 Å². The number of hydrogen-bond donors (Lipinski definition) is 3. The van der Waals surface area contributed by atoms with Crippen molar-refractivity contribution >= 4 is 58.2 Å². The molecule has 16 heteroatoms. The molecule has 0 unspecified atom stereocenters. The van der Waals surface area contributed by atoms with Crippen LogP contribution in [0, 0.1) is 13.8 Å². The van der Waals surface area contributed by atoms with Crippen LogP contribution in [0.2, 0.25) is 0 Å². The topological polar surface area (TPSA) is 212 Å². The first-order valence-corrected chi connectivity index (χ1v) is 15.7. The quantitative estimate of drug-likeness (QED) is 0.106. The fourth-order valence-electron chi connectivity index (χ4n) is 3.83. The molecule has 4 aromatic carbocycles. The van der Waals surface area contributed by atoms with Gasteiger partial charge >= 0.3 is 10.1 Å². The molecule has 0 spiro atoms. The van der Waals surface area contributed by atoms with Gasteiger partial charge in [0.2, 0.25) is 0 Å². The highest BCUT2D eigenvalue weighted by atomic mass is 32.2. The van der Waals surface area contributed by atoms with E-state index >= 15 is 0 Å². The molecule has 4 rings (SSSR count). The lowest BCUT2D eigenvalue weighted by Gasteiger charge is -2.14. The van der Waals surface area contributed by atoms with Crippen LogP contribution in [-0.4, -0.2) is 41.5 Å². The van der Waals surface area contributed by atoms with Crippen molar-refractivity contribution in [2.24, 2.45) is 10.2 Å². The lowest BCUT2D eigenvalue weighted by Crippen LogP contribution is -2.11. The zero-order chi connectivity index (χ0) is 30.3. The smallest absolute Gasteiger partial charge is 0.339 e. The molecular weight excluding hydrogens is 598 g/mol. The summed E-state index contributed by atoms with van der Waals surface area (Å²) in [5.41, 5.74) is 7.07. The van der Waals surface area contributed by atoms with Crippen molar-refractivity contribution in [1.82, 2.24) is 0 Å². The third-order valence-corrected chi connectivity index (χ3v) is 8.86. The first-order chi connectivity index (χ1) is 19.0. The molecule has 0 aliphatic heterocycles. The van der Waals surface area contributed by atoms with Gasteiger partial charge in [-0.05, 0) is 55.8 Å². The van der Waals surface area contributed by atoms with Gasteiger partial charge in [-0.25, -0.2) is 0 Å². The van der Waals surface area contributed by atoms with Crippen LogP contribution < -0.4 is 14.7 Å². The first-order valence-electron chi connectivity index (χ1n) is 11.4. The summed E-state index contributed by atoms with van der Waals surface area (Å²) < 4.78 is 105. The van der Waals surface area contributed by atoms with E-state index < -0.39 is 51.6 Å². The van der Waals surface area contributed by atoms with Gasteiger partial charge in [-0.1, -0.05) is 17.7 Å². The average Bonchev–Trinajstić information content (AvgIpc) is 2.87. The minimum Gasteiger partial charge on any atom is -0.495 e. The molecule has 0 aliphatic carbocycles. The minimum atomic E-state index is -4.98. The molecule has 13 nitrogen and oxygen atoms in total. The van der Waals surface area contributed by atoms with Gasteiger partial charge in [0, 0.05) is 22.9 Å². The van der Waals surface area contributed by atoms with Gasteiger partial charge < -0.3 is 14.7 Å². The number of azo groups is 1. The summed E-state index contributed by atoms with van der Waals surface area (Å²) >= 11 is 0. The molecule has 41 heavy (non-hydrogen) atoms. The molecule has 0 atom stereocenters. The summed E-state index contributed by atoms with van der Waals surface area (Å²) in [4.78, 5) is -1.88. The number of anilines is 1. The maximum atomic E-state index is 13.0. The molecule has 4 aromatic rings. The van der Waals surface area contributed by atoms with Gasteiger partial charge in [-0.2, -0.15) is 30.4 Å². The van der Waals surface area contributed by atoms with E-state index in [1.54, 1.807) is 13.8 Å². The van der Waals surface area contributed by atoms with E-state index in [9.17, 15) is 34.4 Å². The van der Waals surface area contributed by atoms with Gasteiger partial charge in [-0.3, -0.25) is 9.11 Å². The third-order valence-electron chi connectivity index (χ3n) is 5.90. The molecule has 0 bridgehead atoms. The molecule has 0 heterocycles. The van der Waals surface area contributed by atoms with Gasteiger partial charge in [0.25, 0.3) is 20.2 Å². The van der Waals surface area contributed by atoms with Crippen LogP contribution in [0.3, 0.4) is 0 Å². The molecule has 216 valence electrons. The Morgan fingerprint density at radius 2 is 1.39 bits per heavy atom. The number of benzene rings is 4. The predicted molar refractivity (Wildman–Crippen MR) is 149 cm³/mol. The molecule has 0 saturated carbocycles. The molecule has 0 aromatic heterocycles. The van der Waals surface area contributed by atoms with E-state index in [0.29, 0.717) is 11.3 Å². The number of nitrogens with zero attached hydrogens (tertiary/aromatic N) is 2. The van der Waals surface area contributed by atoms with E-state index in [1.165, 1.54) is 43.5 Å². The predicted octanol–water partition coefficient (Wildman–Crippen LogP) is 4.72. The van der Waals surface area contributed by atoms with Crippen molar-refractivity contribution in [1.29, 1.82) is 0 Å². The Labute approximate surface area is 235 Å². The number of hydrogen-bond acceptors (Lipinski definition) is 11. The standard InChI is InChI=1S/C25H23N3O10S3/c1-14-4-6-16(7-5-14)41(35,36)38-22-12-17(39(29,30)31)11-19-18(22)8-9-24(40(32,33)34)25(19)28-27-21-13-23(37-3)20(26)10-15(21)2/h4-13H,26H2,1-3H3,(H,29,30,31)(H,32,33,34). The monoisotopic (exact) mass is 621 g/mol. The lowest BCUT2D eigenvalue weighted by molar-refractivity contribution is 0.417. The van der Waals surface area contributed by atoms with Crippen molar-refractivity contribution in [3.05, 3.63) is 71.8 Å². The summed E-state index contributed by atoms with van der Waals surface area (Å²) in [6.45, 7) is 3.38. The molecule has 4 N–H and O–H groups in total. The summed E-state index contributed by atoms with van der Waals surface area (Å²) in [6, 6.07) is 12.1. The number of nitrogens with two attached hydrogens (primary N) is 1. The average molecular weight is 622 g/mol. The fraction of sp³-hybridized carbons (Fsp3) is 0.120. The minimum absolute atomic E-state index is 0.124. The number of nitrogen functional groups attached to an aromatic ring is 1. The maximum absolute atomic E-state index is 13.0. The van der Waals surface area contributed by atoms with E-state index in [0.717, 1.165) is 29.8 Å². The summed E-state index contributed by atoms with van der Waals surface area (Å²) in [6.07, 6.45) is 0. The second kappa shape index (κ2) is 10.7. The van der Waals surface area contributed by atoms with E-state index in [2.05, 4.69) is 10.2 Å². The first kappa shape index (κ1) is 29.9. The Balaban J connectivity index is 2.02. The van der Waals surface area contributed by atoms with E-state index in [1.807, 2.05) is 0 Å². The zero-order valence-corrected chi connectivity index (χ0v) is 24.1. The number of rotatable bonds is 8. The highest BCUT2D eigenvalue weighted by Gasteiger charge is 2.25. The number of fused-ring (bicyclic) bond motifs is 1. The molecule has 0 radical (unpaired) electrons. The van der Waals surface area contributed by atoms with E-state index in [-0.39, 0.29) is 27.1 Å². The van der Waals surface area contributed by atoms with Crippen LogP contribution in [0.5, 0.6) is 11.5 Å². The zero-order valence-electron chi connectivity index (χ0n) is 21.6. The number of ether oxygens (including phenoxy) is 1. The Morgan fingerprint density at radius 1 is 0.732 bits per heavy atom. The van der Waals surface area contributed by atoms with E-state index in [4.69, 9.17) is 14.7 Å². The normalized spacial score (nSPS) is 12.6. The van der Waals surface area contributed by atoms with Crippen molar-refractivity contribution < 1.29 is 43.3 Å². The highest BCUT2D eigenvalue weighted by molar-refractivity contribution is 7.87. The van der Waals surface area contributed by atoms with Crippen LogP contribution >= 0.6 is 0 Å². The van der Waals surface area contributed by atoms with Crippen LogP contribution in [0.25, 0.3) is 10.8 Å². The largest absolute Gasteiger partial charge is 0.495 e. The molecule has 0 aliphatic rings. The summed E-state index contributed by atoms with van der Waals surface area (Å²) in [7, 11) is -13.1. The van der Waals surface area contributed by atoms with Gasteiger partial charge in [0.05, 0.1) is 23.4 Å². The van der Waals surface area contributed by atoms with Crippen LogP contribution in [0.1, 0.15) is 11.1 Å². The van der Waals surface area contributed by atoms with Gasteiger partial charge in [0.1, 0.15) is 21.2 Å². The molecular formula is C25H23N3O10S3. The van der Waals surface area contributed by atoms with Crippen molar-refractivity contribution in [3.8, 4) is 11.5 Å². The van der Waals surface area contributed by atoms with Gasteiger partial charge in [0.15, 0.2) is 5.75 Å². The summed E-state index contributed by atoms with van der Waals surface area (Å²) in [5, 5.41) is 7.57. The van der Waals surface area contributed by atoms with Crippen LogP contribution in [0.15, 0.2) is 85.6 Å². The van der Waals surface area contributed by atoms with Gasteiger partial charge in [-0.15, -0.1) is 5.11 Å². The Kier molecular flexibility index (Phi) is 7.81. The molecule has 0 saturated heterocycles. The fourth-order valence-corrected chi connectivity index (χ4v) is 5.93. The Hall–Kier alpha value is -4.09. The Morgan fingerprint density at radius 3 is 1.98 bits per heavy atom. The third kappa shape index (κ3) is 6.31. The maximum Gasteiger partial charge on any atom is 0.339 e. The van der Waals surface area contributed by atoms with Crippen molar-refractivity contribution in [3.63, 3.8) is 0 Å². The Bertz CT molecular complexity index is 2040. The van der Waals surface area contributed by atoms with Crippen molar-refractivity contribution in [2.75, 3.05) is 12.8 Å². The SMILES string of the molecule is COc1cc(N=Nc2c(S(=O)(=O)O)ccc3c(OS(=O)(=O)c4ccc(C)cc4)cc(S(=O)(=O)O)cc23)c(C)cc1N. The number of aryl methyl sites for hydroxylation is 2. The second-order valence-electron chi connectivity index (χ2n) is 8.81. The van der Waals surface area contributed by atoms with Crippen molar-refractivity contribution in [2.45, 2.75) is 28.5 Å².